The van der Waals surface area contributed by atoms with Crippen LogP contribution >= 0.6 is 0 Å². The summed E-state index contributed by atoms with van der Waals surface area (Å²) >= 11 is 0. The van der Waals surface area contributed by atoms with Gasteiger partial charge in [0, 0.05) is 26.1 Å². The van der Waals surface area contributed by atoms with Crippen molar-refractivity contribution in [3.05, 3.63) is 23.7 Å². The van der Waals surface area contributed by atoms with Gasteiger partial charge in [-0.05, 0) is 63.5 Å². The number of hydrogen-bond donors (Lipinski definition) is 2. The van der Waals surface area contributed by atoms with E-state index in [-0.39, 0.29) is 13.2 Å². The summed E-state index contributed by atoms with van der Waals surface area (Å²) in [5.74, 6) is 2.18. The van der Waals surface area contributed by atoms with Gasteiger partial charge in [-0.3, -0.25) is 0 Å². The Hall–Kier alpha value is -0.800. The van der Waals surface area contributed by atoms with Gasteiger partial charge in [0.15, 0.2) is 0 Å². The molecule has 0 aromatic rings. The SMILES string of the molecule is CCCCC(=CCCCCO)OC(=CCCCCO)CCCC. The van der Waals surface area contributed by atoms with Crippen LogP contribution < -0.4 is 0 Å². The van der Waals surface area contributed by atoms with Crippen LogP contribution in [0.5, 0.6) is 0 Å². The van der Waals surface area contributed by atoms with Crippen LogP contribution in [0.1, 0.15) is 90.9 Å². The number of ether oxygens (including phenoxy) is 1. The van der Waals surface area contributed by atoms with E-state index in [4.69, 9.17) is 14.9 Å². The number of aliphatic hydroxyl groups is 2. The van der Waals surface area contributed by atoms with Crippen LogP contribution in [-0.2, 0) is 4.74 Å². The second-order valence-corrected chi connectivity index (χ2v) is 6.09. The molecule has 3 nitrogen and oxygen atoms in total. The first-order valence-corrected chi connectivity index (χ1v) is 9.56. The molecule has 0 rings (SSSR count). The van der Waals surface area contributed by atoms with Crippen molar-refractivity contribution in [2.45, 2.75) is 90.9 Å². The van der Waals surface area contributed by atoms with E-state index in [1.165, 1.54) is 12.8 Å². The van der Waals surface area contributed by atoms with Crippen LogP contribution in [0, 0.1) is 0 Å². The topological polar surface area (TPSA) is 49.7 Å². The first kappa shape index (κ1) is 22.2. The quantitative estimate of drug-likeness (QED) is 0.292. The standard InChI is InChI=1S/C20H38O3/c1-3-5-13-19(15-9-7-11-17-21)23-20(14-6-4-2)16-10-8-12-18-22/h15-16,21-22H,3-14,17-18H2,1-2H3. The zero-order valence-electron chi connectivity index (χ0n) is 15.4. The Bertz CT molecular complexity index is 278. The summed E-state index contributed by atoms with van der Waals surface area (Å²) in [5.41, 5.74) is 0. The number of unbranched alkanes of at least 4 members (excludes halogenated alkanes) is 6. The second kappa shape index (κ2) is 17.6. The van der Waals surface area contributed by atoms with E-state index < -0.39 is 0 Å². The van der Waals surface area contributed by atoms with Gasteiger partial charge in [0.1, 0.15) is 0 Å². The molecular formula is C20H38O3. The number of rotatable bonds is 16. The fourth-order valence-corrected chi connectivity index (χ4v) is 2.30. The van der Waals surface area contributed by atoms with Gasteiger partial charge < -0.3 is 14.9 Å². The van der Waals surface area contributed by atoms with Crippen molar-refractivity contribution in [1.82, 2.24) is 0 Å². The lowest BCUT2D eigenvalue weighted by Gasteiger charge is -2.14. The summed E-state index contributed by atoms with van der Waals surface area (Å²) in [4.78, 5) is 0. The first-order chi connectivity index (χ1) is 11.3. The fourth-order valence-electron chi connectivity index (χ4n) is 2.30. The molecule has 0 aliphatic rings. The lowest BCUT2D eigenvalue weighted by molar-refractivity contribution is 0.265. The second-order valence-electron chi connectivity index (χ2n) is 6.09. The van der Waals surface area contributed by atoms with Gasteiger partial charge in [-0.15, -0.1) is 0 Å². The molecule has 2 N–H and O–H groups in total. The van der Waals surface area contributed by atoms with E-state index >= 15 is 0 Å². The first-order valence-electron chi connectivity index (χ1n) is 9.56. The molecule has 0 aromatic heterocycles. The van der Waals surface area contributed by atoms with Gasteiger partial charge in [-0.25, -0.2) is 0 Å². The molecule has 136 valence electrons. The van der Waals surface area contributed by atoms with E-state index in [9.17, 15) is 0 Å². The van der Waals surface area contributed by atoms with E-state index in [1.807, 2.05) is 0 Å². The zero-order chi connectivity index (χ0) is 17.2. The maximum atomic E-state index is 8.88. The summed E-state index contributed by atoms with van der Waals surface area (Å²) < 4.78 is 6.21. The maximum absolute atomic E-state index is 8.88. The Kier molecular flexibility index (Phi) is 16.9. The highest BCUT2D eigenvalue weighted by Gasteiger charge is 2.04. The Labute approximate surface area is 143 Å². The van der Waals surface area contributed by atoms with Crippen molar-refractivity contribution < 1.29 is 14.9 Å². The van der Waals surface area contributed by atoms with Crippen molar-refractivity contribution in [2.75, 3.05) is 13.2 Å². The van der Waals surface area contributed by atoms with E-state index in [2.05, 4.69) is 26.0 Å². The molecule has 23 heavy (non-hydrogen) atoms. The summed E-state index contributed by atoms with van der Waals surface area (Å²) in [7, 11) is 0. The molecule has 0 aromatic carbocycles. The third-order valence-electron chi connectivity index (χ3n) is 3.78. The van der Waals surface area contributed by atoms with Crippen molar-refractivity contribution in [3.8, 4) is 0 Å². The van der Waals surface area contributed by atoms with E-state index in [0.29, 0.717) is 0 Å². The lowest BCUT2D eigenvalue weighted by atomic mass is 10.1. The van der Waals surface area contributed by atoms with Crippen molar-refractivity contribution in [3.63, 3.8) is 0 Å². The molecular weight excluding hydrogens is 288 g/mol. The van der Waals surface area contributed by atoms with Crippen LogP contribution in [0.2, 0.25) is 0 Å². The van der Waals surface area contributed by atoms with E-state index in [1.54, 1.807) is 0 Å². The number of aliphatic hydroxyl groups excluding tert-OH is 2. The molecule has 0 aliphatic heterocycles. The van der Waals surface area contributed by atoms with Gasteiger partial charge in [0.2, 0.25) is 0 Å². The number of allylic oxidation sites excluding steroid dienone is 4. The van der Waals surface area contributed by atoms with Gasteiger partial charge in [-0.2, -0.15) is 0 Å². The fraction of sp³-hybridized carbons (Fsp3) is 0.800. The van der Waals surface area contributed by atoms with Crippen molar-refractivity contribution >= 4 is 0 Å². The van der Waals surface area contributed by atoms with Gasteiger partial charge in [0.25, 0.3) is 0 Å². The molecule has 0 spiro atoms. The van der Waals surface area contributed by atoms with Crippen LogP contribution in [-0.4, -0.2) is 23.4 Å². The Morgan fingerprint density at radius 2 is 1.13 bits per heavy atom. The molecule has 0 unspecified atom stereocenters. The predicted molar refractivity (Wildman–Crippen MR) is 98.2 cm³/mol. The molecule has 0 bridgehead atoms. The lowest BCUT2D eigenvalue weighted by Crippen LogP contribution is -1.96. The molecule has 0 saturated carbocycles. The smallest absolute Gasteiger partial charge is 0.0996 e. The summed E-state index contributed by atoms with van der Waals surface area (Å²) in [6, 6.07) is 0. The average Bonchev–Trinajstić information content (AvgIpc) is 2.57. The van der Waals surface area contributed by atoms with Gasteiger partial charge >= 0.3 is 0 Å². The molecule has 0 fully saturated rings. The largest absolute Gasteiger partial charge is 0.467 e. The monoisotopic (exact) mass is 326 g/mol. The molecule has 0 atom stereocenters. The molecule has 0 aliphatic carbocycles. The predicted octanol–water partition coefficient (Wildman–Crippen LogP) is 5.48. The average molecular weight is 327 g/mol. The minimum absolute atomic E-state index is 0.269. The highest BCUT2D eigenvalue weighted by atomic mass is 16.5. The van der Waals surface area contributed by atoms with Gasteiger partial charge in [-0.1, -0.05) is 26.7 Å². The highest BCUT2D eigenvalue weighted by molar-refractivity contribution is 5.02. The Balaban J connectivity index is 4.58. The molecule has 3 heteroatoms. The summed E-state index contributed by atoms with van der Waals surface area (Å²) in [5, 5.41) is 17.8. The van der Waals surface area contributed by atoms with Crippen LogP contribution in [0.15, 0.2) is 23.7 Å². The Morgan fingerprint density at radius 1 is 0.696 bits per heavy atom. The minimum atomic E-state index is 0.269. The molecule has 0 amide bonds. The molecule has 0 saturated heterocycles. The summed E-state index contributed by atoms with van der Waals surface area (Å²) in [6.07, 6.45) is 16.7. The normalized spacial score (nSPS) is 12.7. The van der Waals surface area contributed by atoms with E-state index in [0.717, 1.165) is 75.7 Å². The Morgan fingerprint density at radius 3 is 1.48 bits per heavy atom. The van der Waals surface area contributed by atoms with Crippen LogP contribution in [0.3, 0.4) is 0 Å². The van der Waals surface area contributed by atoms with Crippen molar-refractivity contribution in [1.29, 1.82) is 0 Å². The van der Waals surface area contributed by atoms with Crippen molar-refractivity contribution in [2.24, 2.45) is 0 Å². The zero-order valence-corrected chi connectivity index (χ0v) is 15.4. The molecule has 0 radical (unpaired) electrons. The highest BCUT2D eigenvalue weighted by Crippen LogP contribution is 2.20. The summed E-state index contributed by atoms with van der Waals surface area (Å²) in [6.45, 7) is 4.94. The maximum Gasteiger partial charge on any atom is 0.0996 e. The number of hydrogen-bond acceptors (Lipinski definition) is 3. The molecule has 0 heterocycles. The third-order valence-corrected chi connectivity index (χ3v) is 3.78. The minimum Gasteiger partial charge on any atom is -0.467 e. The van der Waals surface area contributed by atoms with Crippen LogP contribution in [0.25, 0.3) is 0 Å². The third kappa shape index (κ3) is 14.5. The van der Waals surface area contributed by atoms with Gasteiger partial charge in [0.05, 0.1) is 11.5 Å². The van der Waals surface area contributed by atoms with Crippen LogP contribution in [0.4, 0.5) is 0 Å².